The van der Waals surface area contributed by atoms with Crippen molar-refractivity contribution in [2.75, 3.05) is 7.11 Å². The van der Waals surface area contributed by atoms with Gasteiger partial charge in [-0.25, -0.2) is 0 Å². The molecule has 1 rings (SSSR count). The molecule has 0 saturated heterocycles. The number of hydrogen-bond acceptors (Lipinski definition) is 3. The van der Waals surface area contributed by atoms with Crippen molar-refractivity contribution in [1.29, 1.82) is 0 Å². The van der Waals surface area contributed by atoms with E-state index in [9.17, 15) is 4.79 Å². The zero-order chi connectivity index (χ0) is 23.7. The predicted octanol–water partition coefficient (Wildman–Crippen LogP) is 8.49. The second-order valence-electron chi connectivity index (χ2n) is 10.7. The van der Waals surface area contributed by atoms with E-state index in [0.717, 1.165) is 43.4 Å². The number of ether oxygens (including phenoxy) is 1. The Morgan fingerprint density at radius 1 is 0.935 bits per heavy atom. The molecule has 0 bridgehead atoms. The molecule has 1 aromatic carbocycles. The number of methoxy groups -OCH3 is 1. The minimum atomic E-state index is -2.11. The van der Waals surface area contributed by atoms with E-state index < -0.39 is 13.7 Å². The standard InChI is InChI=1S/C27H48O3Si/c1-10-12-14-15-21-27(22(3)28,20-13-11-2)25(30-31(8,9)26(4,5)6)23-16-18-24(29-7)19-17-23/h16-19,25H,10-15,20-21H2,1-9H3/t25-,27+/m0/s1. The zero-order valence-corrected chi connectivity index (χ0v) is 22.8. The fraction of sp³-hybridized carbons (Fsp3) is 0.741. The smallest absolute Gasteiger partial charge is 0.192 e. The number of benzene rings is 1. The summed E-state index contributed by atoms with van der Waals surface area (Å²) in [5, 5.41) is 0.0766. The Kier molecular flexibility index (Phi) is 11.0. The van der Waals surface area contributed by atoms with E-state index in [1.165, 1.54) is 19.3 Å². The maximum Gasteiger partial charge on any atom is 0.192 e. The minimum Gasteiger partial charge on any atom is -0.497 e. The van der Waals surface area contributed by atoms with E-state index >= 15 is 0 Å². The fourth-order valence-electron chi connectivity index (χ4n) is 4.03. The van der Waals surface area contributed by atoms with Gasteiger partial charge in [0.05, 0.1) is 18.6 Å². The van der Waals surface area contributed by atoms with Crippen LogP contribution in [0.3, 0.4) is 0 Å². The number of Topliss-reactive ketones (excluding diaryl/α,β-unsaturated/α-hetero) is 1. The summed E-state index contributed by atoms with van der Waals surface area (Å²) in [7, 11) is -0.417. The number of ketones is 1. The summed E-state index contributed by atoms with van der Waals surface area (Å²) >= 11 is 0. The van der Waals surface area contributed by atoms with Gasteiger partial charge in [0, 0.05) is 0 Å². The summed E-state index contributed by atoms with van der Waals surface area (Å²) in [5.74, 6) is 1.11. The first-order valence-corrected chi connectivity index (χ1v) is 15.2. The van der Waals surface area contributed by atoms with Gasteiger partial charge in [0.25, 0.3) is 0 Å². The van der Waals surface area contributed by atoms with Gasteiger partial charge in [0.2, 0.25) is 0 Å². The summed E-state index contributed by atoms with van der Waals surface area (Å²) < 4.78 is 12.5. The molecule has 0 spiro atoms. The number of rotatable bonds is 14. The Morgan fingerprint density at radius 2 is 1.48 bits per heavy atom. The molecule has 0 fully saturated rings. The fourth-order valence-corrected chi connectivity index (χ4v) is 5.34. The number of carbonyl (C=O) groups is 1. The van der Waals surface area contributed by atoms with Crippen LogP contribution < -0.4 is 4.74 Å². The molecule has 0 amide bonds. The molecule has 0 aliphatic heterocycles. The SMILES string of the molecule is CCCCCC[C@](CCCC)(C(C)=O)[C@@H](O[Si](C)(C)C(C)(C)C)c1ccc(OC)cc1. The van der Waals surface area contributed by atoms with Crippen molar-refractivity contribution in [1.82, 2.24) is 0 Å². The normalized spacial score (nSPS) is 15.4. The second kappa shape index (κ2) is 12.2. The van der Waals surface area contributed by atoms with Crippen molar-refractivity contribution >= 4 is 14.1 Å². The first kappa shape index (κ1) is 27.9. The maximum atomic E-state index is 13.4. The molecule has 0 aliphatic carbocycles. The number of carbonyl (C=O) groups excluding carboxylic acids is 1. The van der Waals surface area contributed by atoms with Gasteiger partial charge in [-0.1, -0.05) is 85.3 Å². The zero-order valence-electron chi connectivity index (χ0n) is 21.8. The lowest BCUT2D eigenvalue weighted by atomic mass is 9.69. The quantitative estimate of drug-likeness (QED) is 0.211. The first-order chi connectivity index (χ1) is 14.4. The van der Waals surface area contributed by atoms with Crippen LogP contribution in [-0.2, 0) is 9.22 Å². The van der Waals surface area contributed by atoms with Crippen LogP contribution in [-0.4, -0.2) is 21.2 Å². The van der Waals surface area contributed by atoms with Gasteiger partial charge in [-0.15, -0.1) is 0 Å². The molecule has 1 aromatic rings. The van der Waals surface area contributed by atoms with Crippen molar-refractivity contribution in [2.24, 2.45) is 5.41 Å². The molecule has 0 aliphatic rings. The summed E-state index contributed by atoms with van der Waals surface area (Å²) in [6.07, 6.45) is 8.36. The van der Waals surface area contributed by atoms with Gasteiger partial charge in [-0.3, -0.25) is 4.79 Å². The van der Waals surface area contributed by atoms with Gasteiger partial charge in [-0.05, 0) is 55.6 Å². The van der Waals surface area contributed by atoms with Crippen molar-refractivity contribution in [3.63, 3.8) is 0 Å². The van der Waals surface area contributed by atoms with Crippen LogP contribution in [0, 0.1) is 5.41 Å². The molecule has 178 valence electrons. The molecule has 2 atom stereocenters. The Bertz CT molecular complexity index is 660. The van der Waals surface area contributed by atoms with Crippen LogP contribution >= 0.6 is 0 Å². The highest BCUT2D eigenvalue weighted by atomic mass is 28.4. The Morgan fingerprint density at radius 3 is 1.94 bits per heavy atom. The van der Waals surface area contributed by atoms with Gasteiger partial charge < -0.3 is 9.16 Å². The summed E-state index contributed by atoms with van der Waals surface area (Å²) in [6.45, 7) is 17.6. The van der Waals surface area contributed by atoms with Crippen molar-refractivity contribution in [3.8, 4) is 5.75 Å². The van der Waals surface area contributed by atoms with E-state index in [1.54, 1.807) is 14.0 Å². The predicted molar refractivity (Wildman–Crippen MR) is 135 cm³/mol. The average molecular weight is 449 g/mol. The average Bonchev–Trinajstić information content (AvgIpc) is 2.71. The number of unbranched alkanes of at least 4 members (excludes halogenated alkanes) is 4. The molecule has 0 aromatic heterocycles. The molecule has 0 saturated carbocycles. The highest BCUT2D eigenvalue weighted by Gasteiger charge is 2.48. The van der Waals surface area contributed by atoms with Gasteiger partial charge in [-0.2, -0.15) is 0 Å². The third kappa shape index (κ3) is 7.46. The third-order valence-corrected chi connectivity index (χ3v) is 11.7. The molecular weight excluding hydrogens is 400 g/mol. The highest BCUT2D eigenvalue weighted by molar-refractivity contribution is 6.74. The minimum absolute atomic E-state index is 0.0766. The summed E-state index contributed by atoms with van der Waals surface area (Å²) in [5.41, 5.74) is 0.626. The molecule has 3 nitrogen and oxygen atoms in total. The van der Waals surface area contributed by atoms with Crippen LogP contribution in [0.25, 0.3) is 0 Å². The van der Waals surface area contributed by atoms with Gasteiger partial charge >= 0.3 is 0 Å². The monoisotopic (exact) mass is 448 g/mol. The van der Waals surface area contributed by atoms with Crippen LogP contribution in [0.15, 0.2) is 24.3 Å². The van der Waals surface area contributed by atoms with Crippen LogP contribution in [0.2, 0.25) is 18.1 Å². The summed E-state index contributed by atoms with van der Waals surface area (Å²) in [4.78, 5) is 13.4. The van der Waals surface area contributed by atoms with Crippen LogP contribution in [0.1, 0.15) is 105 Å². The van der Waals surface area contributed by atoms with Crippen molar-refractivity contribution < 1.29 is 14.0 Å². The second-order valence-corrected chi connectivity index (χ2v) is 15.4. The van der Waals surface area contributed by atoms with Crippen molar-refractivity contribution in [3.05, 3.63) is 29.8 Å². The van der Waals surface area contributed by atoms with Crippen LogP contribution in [0.4, 0.5) is 0 Å². The Labute approximate surface area is 193 Å². The highest BCUT2D eigenvalue weighted by Crippen LogP contribution is 2.50. The van der Waals surface area contributed by atoms with E-state index in [1.807, 2.05) is 12.1 Å². The lowest BCUT2D eigenvalue weighted by Crippen LogP contribution is -2.47. The van der Waals surface area contributed by atoms with Gasteiger partial charge in [0.15, 0.2) is 8.32 Å². The van der Waals surface area contributed by atoms with E-state index in [0.29, 0.717) is 0 Å². The Balaban J connectivity index is 3.54. The topological polar surface area (TPSA) is 35.5 Å². The summed E-state index contributed by atoms with van der Waals surface area (Å²) in [6, 6.07) is 8.21. The molecule has 0 unspecified atom stereocenters. The van der Waals surface area contributed by atoms with Crippen LogP contribution in [0.5, 0.6) is 5.75 Å². The first-order valence-electron chi connectivity index (χ1n) is 12.3. The van der Waals surface area contributed by atoms with E-state index in [2.05, 4.69) is 59.8 Å². The van der Waals surface area contributed by atoms with Crippen molar-refractivity contribution in [2.45, 2.75) is 117 Å². The Hall–Kier alpha value is -1.13. The molecule has 0 heterocycles. The molecular formula is C27H48O3Si. The largest absolute Gasteiger partial charge is 0.497 e. The van der Waals surface area contributed by atoms with Gasteiger partial charge in [0.1, 0.15) is 11.5 Å². The lowest BCUT2D eigenvalue weighted by molar-refractivity contribution is -0.135. The maximum absolute atomic E-state index is 13.4. The van der Waals surface area contributed by atoms with E-state index in [-0.39, 0.29) is 16.9 Å². The number of hydrogen-bond donors (Lipinski definition) is 0. The lowest BCUT2D eigenvalue weighted by Gasteiger charge is -2.46. The van der Waals surface area contributed by atoms with E-state index in [4.69, 9.17) is 9.16 Å². The molecule has 0 radical (unpaired) electrons. The molecule has 4 heteroatoms. The molecule has 0 N–H and O–H groups in total. The molecule has 31 heavy (non-hydrogen) atoms. The third-order valence-electron chi connectivity index (χ3n) is 7.29.